The quantitative estimate of drug-likeness (QED) is 0.841. The van der Waals surface area contributed by atoms with Gasteiger partial charge < -0.3 is 10.6 Å². The van der Waals surface area contributed by atoms with Crippen LogP contribution in [0.25, 0.3) is 0 Å². The number of rotatable bonds is 6. The van der Waals surface area contributed by atoms with E-state index in [-0.39, 0.29) is 0 Å². The van der Waals surface area contributed by atoms with Crippen LogP contribution in [-0.4, -0.2) is 6.54 Å². The molecule has 0 radical (unpaired) electrons. The molecule has 106 valence electrons. The zero-order valence-electron chi connectivity index (χ0n) is 12.5. The van der Waals surface area contributed by atoms with E-state index in [4.69, 9.17) is 5.73 Å². The van der Waals surface area contributed by atoms with Gasteiger partial charge in [0.25, 0.3) is 0 Å². The van der Waals surface area contributed by atoms with Crippen molar-refractivity contribution >= 4 is 11.4 Å². The Morgan fingerprint density at radius 2 is 1.80 bits per heavy atom. The summed E-state index contributed by atoms with van der Waals surface area (Å²) in [5, 5.41) is 0. The molecule has 2 nitrogen and oxygen atoms in total. The number of nitrogens with zero attached hydrogens (tertiary/aromatic N) is 1. The Morgan fingerprint density at radius 3 is 2.45 bits per heavy atom. The monoisotopic (exact) mass is 268 g/mol. The fourth-order valence-electron chi connectivity index (χ4n) is 2.41. The first-order valence-corrected chi connectivity index (χ1v) is 7.38. The second kappa shape index (κ2) is 7.11. The van der Waals surface area contributed by atoms with Crippen molar-refractivity contribution in [3.63, 3.8) is 0 Å². The molecule has 0 aliphatic carbocycles. The Kier molecular flexibility index (Phi) is 5.19. The Morgan fingerprint density at radius 1 is 1.05 bits per heavy atom. The van der Waals surface area contributed by atoms with E-state index in [2.05, 4.69) is 67.3 Å². The van der Waals surface area contributed by atoms with Gasteiger partial charge in [-0.15, -0.1) is 0 Å². The molecule has 0 spiro atoms. The first-order valence-electron chi connectivity index (χ1n) is 7.38. The molecule has 0 saturated carbocycles. The zero-order chi connectivity index (χ0) is 14.4. The van der Waals surface area contributed by atoms with Crippen LogP contribution in [0.1, 0.15) is 30.9 Å². The fourth-order valence-corrected chi connectivity index (χ4v) is 2.41. The average Bonchev–Trinajstić information content (AvgIpc) is 2.49. The predicted molar refractivity (Wildman–Crippen MR) is 87.4 cm³/mol. The standard InChI is InChI=1S/C18H24N2/c1-3-4-12-20(17-8-6-5-7-9-17)18-13-15(2)10-11-16(18)14-19/h5-11,13H,3-4,12,14,19H2,1-2H3. The van der Waals surface area contributed by atoms with Gasteiger partial charge >= 0.3 is 0 Å². The summed E-state index contributed by atoms with van der Waals surface area (Å²) in [6, 6.07) is 17.1. The van der Waals surface area contributed by atoms with E-state index in [9.17, 15) is 0 Å². The molecule has 2 N–H and O–H groups in total. The van der Waals surface area contributed by atoms with Crippen molar-refractivity contribution < 1.29 is 0 Å². The van der Waals surface area contributed by atoms with E-state index >= 15 is 0 Å². The average molecular weight is 268 g/mol. The van der Waals surface area contributed by atoms with Crippen LogP contribution in [0.4, 0.5) is 11.4 Å². The number of benzene rings is 2. The summed E-state index contributed by atoms with van der Waals surface area (Å²) in [5.74, 6) is 0. The van der Waals surface area contributed by atoms with E-state index < -0.39 is 0 Å². The summed E-state index contributed by atoms with van der Waals surface area (Å²) in [4.78, 5) is 2.39. The van der Waals surface area contributed by atoms with E-state index in [1.54, 1.807) is 0 Å². The summed E-state index contributed by atoms with van der Waals surface area (Å²) in [7, 11) is 0. The first-order chi connectivity index (χ1) is 9.76. The molecular weight excluding hydrogens is 244 g/mol. The molecule has 2 heteroatoms. The molecular formula is C18H24N2. The van der Waals surface area contributed by atoms with E-state index in [0.29, 0.717) is 6.54 Å². The summed E-state index contributed by atoms with van der Waals surface area (Å²) in [5.41, 5.74) is 10.9. The lowest BCUT2D eigenvalue weighted by Gasteiger charge is -2.27. The highest BCUT2D eigenvalue weighted by molar-refractivity contribution is 5.67. The Hall–Kier alpha value is -1.80. The van der Waals surface area contributed by atoms with Crippen LogP contribution < -0.4 is 10.6 Å². The molecule has 0 unspecified atom stereocenters. The van der Waals surface area contributed by atoms with E-state index in [1.165, 1.54) is 35.3 Å². The van der Waals surface area contributed by atoms with Crippen LogP contribution in [0.3, 0.4) is 0 Å². The van der Waals surface area contributed by atoms with Crippen molar-refractivity contribution in [2.24, 2.45) is 5.73 Å². The largest absolute Gasteiger partial charge is 0.341 e. The Balaban J connectivity index is 2.43. The second-order valence-electron chi connectivity index (χ2n) is 5.18. The summed E-state index contributed by atoms with van der Waals surface area (Å²) in [6.45, 7) is 5.96. The molecule has 0 bridgehead atoms. The molecule has 0 saturated heterocycles. The van der Waals surface area contributed by atoms with Gasteiger partial charge in [-0.2, -0.15) is 0 Å². The predicted octanol–water partition coefficient (Wildman–Crippen LogP) is 4.39. The van der Waals surface area contributed by atoms with E-state index in [0.717, 1.165) is 6.54 Å². The maximum Gasteiger partial charge on any atom is 0.0458 e. The van der Waals surface area contributed by atoms with Crippen LogP contribution in [0.5, 0.6) is 0 Å². The van der Waals surface area contributed by atoms with Gasteiger partial charge in [-0.1, -0.05) is 43.7 Å². The third-order valence-corrected chi connectivity index (χ3v) is 3.55. The maximum absolute atomic E-state index is 5.92. The highest BCUT2D eigenvalue weighted by atomic mass is 15.1. The molecule has 0 fully saturated rings. The highest BCUT2D eigenvalue weighted by Crippen LogP contribution is 2.29. The highest BCUT2D eigenvalue weighted by Gasteiger charge is 2.12. The maximum atomic E-state index is 5.92. The molecule has 2 rings (SSSR count). The number of unbranched alkanes of at least 4 members (excludes halogenated alkanes) is 1. The van der Waals surface area contributed by atoms with Gasteiger partial charge in [0, 0.05) is 24.5 Å². The lowest BCUT2D eigenvalue weighted by molar-refractivity contribution is 0.782. The molecule has 0 aromatic heterocycles. The van der Waals surface area contributed by atoms with Crippen LogP contribution in [0.15, 0.2) is 48.5 Å². The lowest BCUT2D eigenvalue weighted by Crippen LogP contribution is -2.20. The van der Waals surface area contributed by atoms with Crippen LogP contribution in [0.2, 0.25) is 0 Å². The van der Waals surface area contributed by atoms with Gasteiger partial charge in [-0.25, -0.2) is 0 Å². The zero-order valence-corrected chi connectivity index (χ0v) is 12.5. The molecule has 2 aromatic rings. The minimum atomic E-state index is 0.574. The third-order valence-electron chi connectivity index (χ3n) is 3.55. The van der Waals surface area contributed by atoms with Crippen molar-refractivity contribution in [3.8, 4) is 0 Å². The minimum Gasteiger partial charge on any atom is -0.341 e. The van der Waals surface area contributed by atoms with Gasteiger partial charge in [0.05, 0.1) is 0 Å². The molecule has 0 aliphatic rings. The molecule has 0 amide bonds. The lowest BCUT2D eigenvalue weighted by atomic mass is 10.1. The number of anilines is 2. The van der Waals surface area contributed by atoms with Crippen molar-refractivity contribution in [1.29, 1.82) is 0 Å². The minimum absolute atomic E-state index is 0.574. The second-order valence-corrected chi connectivity index (χ2v) is 5.18. The third kappa shape index (κ3) is 3.40. The van der Waals surface area contributed by atoms with Crippen LogP contribution in [-0.2, 0) is 6.54 Å². The van der Waals surface area contributed by atoms with Gasteiger partial charge in [0.1, 0.15) is 0 Å². The summed E-state index contributed by atoms with van der Waals surface area (Å²) in [6.07, 6.45) is 2.36. The number of nitrogens with two attached hydrogens (primary N) is 1. The molecule has 0 heterocycles. The Bertz CT molecular complexity index is 534. The Labute approximate surface area is 122 Å². The normalized spacial score (nSPS) is 10.6. The van der Waals surface area contributed by atoms with Crippen LogP contribution >= 0.6 is 0 Å². The van der Waals surface area contributed by atoms with Crippen molar-refractivity contribution in [2.75, 3.05) is 11.4 Å². The smallest absolute Gasteiger partial charge is 0.0458 e. The van der Waals surface area contributed by atoms with Gasteiger partial charge in [0.15, 0.2) is 0 Å². The summed E-state index contributed by atoms with van der Waals surface area (Å²) < 4.78 is 0. The number of hydrogen-bond acceptors (Lipinski definition) is 2. The molecule has 0 aliphatic heterocycles. The molecule has 0 atom stereocenters. The number of para-hydroxylation sites is 1. The molecule has 2 aromatic carbocycles. The summed E-state index contributed by atoms with van der Waals surface area (Å²) >= 11 is 0. The molecule has 20 heavy (non-hydrogen) atoms. The van der Waals surface area contributed by atoms with Crippen molar-refractivity contribution in [3.05, 3.63) is 59.7 Å². The van der Waals surface area contributed by atoms with Gasteiger partial charge in [-0.05, 0) is 42.7 Å². The first kappa shape index (κ1) is 14.6. The van der Waals surface area contributed by atoms with Gasteiger partial charge in [-0.3, -0.25) is 0 Å². The van der Waals surface area contributed by atoms with Crippen molar-refractivity contribution in [1.82, 2.24) is 0 Å². The fraction of sp³-hybridized carbons (Fsp3) is 0.333. The topological polar surface area (TPSA) is 29.3 Å². The van der Waals surface area contributed by atoms with Crippen molar-refractivity contribution in [2.45, 2.75) is 33.2 Å². The number of hydrogen-bond donors (Lipinski definition) is 1. The van der Waals surface area contributed by atoms with E-state index in [1.807, 2.05) is 0 Å². The number of aryl methyl sites for hydroxylation is 1. The SMILES string of the molecule is CCCCN(c1ccccc1)c1cc(C)ccc1CN. The van der Waals surface area contributed by atoms with Crippen LogP contribution in [0, 0.1) is 6.92 Å². The van der Waals surface area contributed by atoms with Gasteiger partial charge in [0.2, 0.25) is 0 Å².